The summed E-state index contributed by atoms with van der Waals surface area (Å²) in [6.07, 6.45) is 6.96. The predicted molar refractivity (Wildman–Crippen MR) is 123 cm³/mol. The fourth-order valence-electron chi connectivity index (χ4n) is 5.10. The smallest absolute Gasteiger partial charge is 0.243 e. The van der Waals surface area contributed by atoms with Gasteiger partial charge in [-0.2, -0.15) is 0 Å². The van der Waals surface area contributed by atoms with Crippen LogP contribution in [0.15, 0.2) is 30.3 Å². The van der Waals surface area contributed by atoms with Gasteiger partial charge in [-0.25, -0.2) is 4.39 Å². The number of rotatable bonds is 5. The lowest BCUT2D eigenvalue weighted by atomic mass is 9.84. The molecule has 170 valence electrons. The molecule has 1 aromatic carbocycles. The standard InChI is InChI=1S/C24H30FN5O2/c1-23-9-10-24(2,29-23)14-16(13-23)30(4)21-7-6-19(27-28-21)17-12-18(25)15(11-20(17)31)5-8-22(32)26-3/h5-8,11-12,16,29,31H,9-10,13-14H2,1-4H3,(H,26,32)/b8-5+/t16-,23-,24+. The Morgan fingerprint density at radius 1 is 1.25 bits per heavy atom. The van der Waals surface area contributed by atoms with Gasteiger partial charge in [0.2, 0.25) is 5.91 Å². The summed E-state index contributed by atoms with van der Waals surface area (Å²) in [5.74, 6) is -0.303. The number of hydrogen-bond donors (Lipinski definition) is 3. The Morgan fingerprint density at radius 3 is 2.53 bits per heavy atom. The summed E-state index contributed by atoms with van der Waals surface area (Å²) in [5.41, 5.74) is 1.04. The Morgan fingerprint density at radius 2 is 1.94 bits per heavy atom. The first-order chi connectivity index (χ1) is 15.1. The number of aromatic hydroxyl groups is 1. The summed E-state index contributed by atoms with van der Waals surface area (Å²) in [5, 5.41) is 25.2. The molecule has 2 bridgehead atoms. The first-order valence-corrected chi connectivity index (χ1v) is 10.9. The fourth-order valence-corrected chi connectivity index (χ4v) is 5.10. The zero-order chi connectivity index (χ0) is 23.1. The molecule has 0 unspecified atom stereocenters. The van der Waals surface area contributed by atoms with Crippen molar-refractivity contribution < 1.29 is 14.3 Å². The highest BCUT2D eigenvalue weighted by Gasteiger charge is 2.49. The molecule has 7 nitrogen and oxygen atoms in total. The molecule has 2 aromatic rings. The van der Waals surface area contributed by atoms with Crippen LogP contribution in [0.25, 0.3) is 17.3 Å². The van der Waals surface area contributed by atoms with Crippen LogP contribution in [0.1, 0.15) is 45.1 Å². The third-order valence-electron chi connectivity index (χ3n) is 6.82. The van der Waals surface area contributed by atoms with E-state index in [0.717, 1.165) is 18.7 Å². The van der Waals surface area contributed by atoms with Gasteiger partial charge >= 0.3 is 0 Å². The Labute approximate surface area is 187 Å². The van der Waals surface area contributed by atoms with Crippen LogP contribution in [-0.2, 0) is 4.79 Å². The van der Waals surface area contributed by atoms with Crippen LogP contribution in [-0.4, -0.2) is 52.4 Å². The Kier molecular flexibility index (Phi) is 5.67. The molecule has 0 saturated carbocycles. The van der Waals surface area contributed by atoms with Crippen LogP contribution in [0.3, 0.4) is 0 Å². The second-order valence-electron chi connectivity index (χ2n) is 9.53. The van der Waals surface area contributed by atoms with Gasteiger partial charge in [0, 0.05) is 48.4 Å². The van der Waals surface area contributed by atoms with Crippen LogP contribution in [0.5, 0.6) is 5.75 Å². The summed E-state index contributed by atoms with van der Waals surface area (Å²) in [6, 6.07) is 6.43. The van der Waals surface area contributed by atoms with Crippen LogP contribution in [0, 0.1) is 5.82 Å². The molecule has 2 fully saturated rings. The van der Waals surface area contributed by atoms with E-state index in [4.69, 9.17) is 0 Å². The van der Waals surface area contributed by atoms with Gasteiger partial charge in [-0.15, -0.1) is 10.2 Å². The van der Waals surface area contributed by atoms with Crippen molar-refractivity contribution in [3.8, 4) is 17.0 Å². The van der Waals surface area contributed by atoms with E-state index in [1.165, 1.54) is 44.2 Å². The third kappa shape index (κ3) is 4.32. The highest BCUT2D eigenvalue weighted by molar-refractivity contribution is 5.91. The molecule has 1 aromatic heterocycles. The molecule has 1 amide bonds. The molecule has 0 aliphatic carbocycles. The lowest BCUT2D eigenvalue weighted by molar-refractivity contribution is -0.115. The number of nitrogens with zero attached hydrogens (tertiary/aromatic N) is 3. The number of fused-ring (bicyclic) bond motifs is 2. The quantitative estimate of drug-likeness (QED) is 0.620. The normalized spacial score (nSPS) is 27.0. The molecule has 2 aliphatic heterocycles. The van der Waals surface area contributed by atoms with E-state index in [9.17, 15) is 14.3 Å². The Bertz CT molecular complexity index is 1040. The number of amides is 1. The summed E-state index contributed by atoms with van der Waals surface area (Å²) >= 11 is 0. The number of anilines is 1. The molecular weight excluding hydrogens is 409 g/mol. The monoisotopic (exact) mass is 439 g/mol. The minimum Gasteiger partial charge on any atom is -0.507 e. The van der Waals surface area contributed by atoms with Crippen LogP contribution >= 0.6 is 0 Å². The van der Waals surface area contributed by atoms with Crippen molar-refractivity contribution in [2.24, 2.45) is 0 Å². The maximum atomic E-state index is 14.5. The summed E-state index contributed by atoms with van der Waals surface area (Å²) < 4.78 is 14.5. The molecular formula is C24H30FN5O2. The van der Waals surface area contributed by atoms with E-state index < -0.39 is 5.82 Å². The van der Waals surface area contributed by atoms with E-state index in [1.54, 1.807) is 6.07 Å². The summed E-state index contributed by atoms with van der Waals surface area (Å²) in [7, 11) is 3.52. The molecule has 3 atom stereocenters. The largest absolute Gasteiger partial charge is 0.507 e. The number of carbonyl (C=O) groups is 1. The highest BCUT2D eigenvalue weighted by atomic mass is 19.1. The SMILES string of the molecule is CNC(=O)/C=C/c1cc(O)c(-c2ccc(N(C)[C@H]3C[C@]4(C)CC[C@](C)(C3)N4)nn2)cc1F. The van der Waals surface area contributed by atoms with Gasteiger partial charge in [-0.1, -0.05) is 0 Å². The average molecular weight is 440 g/mol. The summed E-state index contributed by atoms with van der Waals surface area (Å²) in [6.45, 7) is 4.58. The topological polar surface area (TPSA) is 90.4 Å². The van der Waals surface area contributed by atoms with Crippen molar-refractivity contribution in [3.63, 3.8) is 0 Å². The first kappa shape index (κ1) is 22.2. The maximum Gasteiger partial charge on any atom is 0.243 e. The first-order valence-electron chi connectivity index (χ1n) is 10.9. The number of hydrogen-bond acceptors (Lipinski definition) is 6. The second kappa shape index (κ2) is 8.16. The zero-order valence-electron chi connectivity index (χ0n) is 18.9. The molecule has 2 saturated heterocycles. The number of phenolic OH excluding ortho intramolecular Hbond substituents is 1. The molecule has 0 radical (unpaired) electrons. The number of benzene rings is 1. The van der Waals surface area contributed by atoms with Gasteiger partial charge in [0.05, 0.1) is 5.69 Å². The molecule has 0 spiro atoms. The van der Waals surface area contributed by atoms with Crippen LogP contribution in [0.2, 0.25) is 0 Å². The van der Waals surface area contributed by atoms with Gasteiger partial charge in [0.1, 0.15) is 11.6 Å². The predicted octanol–water partition coefficient (Wildman–Crippen LogP) is 3.25. The lowest BCUT2D eigenvalue weighted by Gasteiger charge is -2.45. The molecule has 2 aliphatic rings. The van der Waals surface area contributed by atoms with E-state index in [2.05, 4.69) is 39.6 Å². The van der Waals surface area contributed by atoms with Gasteiger partial charge in [-0.05, 0) is 69.9 Å². The molecule has 32 heavy (non-hydrogen) atoms. The van der Waals surface area contributed by atoms with Crippen molar-refractivity contribution in [1.29, 1.82) is 0 Å². The number of halogens is 1. The number of phenols is 1. The lowest BCUT2D eigenvalue weighted by Crippen LogP contribution is -2.58. The minimum atomic E-state index is -0.562. The van der Waals surface area contributed by atoms with Gasteiger partial charge in [0.15, 0.2) is 5.82 Å². The molecule has 8 heteroatoms. The number of likely N-dealkylation sites (N-methyl/N-ethyl adjacent to an activating group) is 1. The highest BCUT2D eigenvalue weighted by Crippen LogP contribution is 2.43. The van der Waals surface area contributed by atoms with Crippen molar-refractivity contribution in [2.75, 3.05) is 19.0 Å². The van der Waals surface area contributed by atoms with E-state index in [0.29, 0.717) is 11.7 Å². The molecule has 4 rings (SSSR count). The minimum absolute atomic E-state index is 0.113. The Balaban J connectivity index is 1.53. The van der Waals surface area contributed by atoms with E-state index in [-0.39, 0.29) is 33.9 Å². The third-order valence-corrected chi connectivity index (χ3v) is 6.82. The van der Waals surface area contributed by atoms with Crippen molar-refractivity contribution in [3.05, 3.63) is 41.7 Å². The van der Waals surface area contributed by atoms with Crippen molar-refractivity contribution >= 4 is 17.8 Å². The second-order valence-corrected chi connectivity index (χ2v) is 9.53. The van der Waals surface area contributed by atoms with Crippen molar-refractivity contribution in [2.45, 2.75) is 56.7 Å². The maximum absolute atomic E-state index is 14.5. The summed E-state index contributed by atoms with van der Waals surface area (Å²) in [4.78, 5) is 13.5. The Hall–Kier alpha value is -3.00. The number of nitrogens with one attached hydrogen (secondary N) is 2. The number of carbonyl (C=O) groups excluding carboxylic acids is 1. The van der Waals surface area contributed by atoms with E-state index in [1.807, 2.05) is 13.1 Å². The fraction of sp³-hybridized carbons (Fsp3) is 0.458. The van der Waals surface area contributed by atoms with Crippen LogP contribution in [0.4, 0.5) is 10.2 Å². The van der Waals surface area contributed by atoms with Gasteiger partial charge in [0.25, 0.3) is 0 Å². The van der Waals surface area contributed by atoms with Gasteiger partial charge in [-0.3, -0.25) is 4.79 Å². The van der Waals surface area contributed by atoms with Crippen molar-refractivity contribution in [1.82, 2.24) is 20.8 Å². The van der Waals surface area contributed by atoms with Crippen LogP contribution < -0.4 is 15.5 Å². The number of aromatic nitrogens is 2. The molecule has 3 N–H and O–H groups in total. The zero-order valence-corrected chi connectivity index (χ0v) is 18.9. The van der Waals surface area contributed by atoms with Gasteiger partial charge < -0.3 is 20.6 Å². The number of piperidine rings is 1. The molecule has 3 heterocycles. The van der Waals surface area contributed by atoms with E-state index >= 15 is 0 Å². The average Bonchev–Trinajstić information content (AvgIpc) is 2.99.